The first-order valence-electron chi connectivity index (χ1n) is 6.98. The van der Waals surface area contributed by atoms with E-state index in [0.717, 1.165) is 11.8 Å². The van der Waals surface area contributed by atoms with Gasteiger partial charge in [-0.15, -0.1) is 0 Å². The second kappa shape index (κ2) is 6.13. The Balaban J connectivity index is 1.60. The summed E-state index contributed by atoms with van der Waals surface area (Å²) >= 11 is 0. The Morgan fingerprint density at radius 3 is 2.82 bits per heavy atom. The van der Waals surface area contributed by atoms with Gasteiger partial charge in [-0.25, -0.2) is 8.78 Å². The van der Waals surface area contributed by atoms with Crippen LogP contribution in [0.5, 0.6) is 5.75 Å². The lowest BCUT2D eigenvalue weighted by Gasteiger charge is -2.16. The van der Waals surface area contributed by atoms with Crippen molar-refractivity contribution in [2.24, 2.45) is 0 Å². The molecule has 1 aliphatic heterocycles. The van der Waals surface area contributed by atoms with Crippen molar-refractivity contribution < 1.29 is 18.3 Å². The number of alkyl halides is 2. The fourth-order valence-electron chi connectivity index (χ4n) is 2.42. The van der Waals surface area contributed by atoms with E-state index in [9.17, 15) is 13.6 Å². The van der Waals surface area contributed by atoms with Gasteiger partial charge in [-0.2, -0.15) is 5.10 Å². The summed E-state index contributed by atoms with van der Waals surface area (Å²) in [4.78, 5) is 13.8. The third-order valence-electron chi connectivity index (χ3n) is 3.53. The number of hydrogen-bond acceptors (Lipinski definition) is 3. The second-order valence-corrected chi connectivity index (χ2v) is 5.10. The summed E-state index contributed by atoms with van der Waals surface area (Å²) < 4.78 is 30.8. The van der Waals surface area contributed by atoms with Crippen molar-refractivity contribution in [3.63, 3.8) is 0 Å². The number of benzene rings is 1. The first kappa shape index (κ1) is 14.5. The Hall–Kier alpha value is -2.44. The van der Waals surface area contributed by atoms with Gasteiger partial charge in [-0.3, -0.25) is 9.89 Å². The minimum atomic E-state index is -2.67. The molecule has 1 amide bonds. The SMILES string of the molecule is O=C(c1cc(C(F)F)[nH]n1)N1CC[C@H](Oc2ccccc2)C1. The molecule has 1 N–H and O–H groups in total. The second-order valence-electron chi connectivity index (χ2n) is 5.10. The van der Waals surface area contributed by atoms with Gasteiger partial charge < -0.3 is 9.64 Å². The van der Waals surface area contributed by atoms with Crippen LogP contribution in [0.25, 0.3) is 0 Å². The van der Waals surface area contributed by atoms with E-state index in [4.69, 9.17) is 4.74 Å². The minimum Gasteiger partial charge on any atom is -0.489 e. The molecular weight excluding hydrogens is 292 g/mol. The Bertz CT molecular complexity index is 645. The molecule has 1 atom stereocenters. The molecular formula is C15H15F2N3O2. The lowest BCUT2D eigenvalue weighted by Crippen LogP contribution is -2.31. The molecule has 2 aromatic rings. The van der Waals surface area contributed by atoms with E-state index in [1.54, 1.807) is 4.90 Å². The molecule has 3 rings (SSSR count). The standard InChI is InChI=1S/C15H15F2N3O2/c16-14(17)12-8-13(19-18-12)15(21)20-7-6-11(9-20)22-10-4-2-1-3-5-10/h1-5,8,11,14H,6-7,9H2,(H,18,19)/t11-/m0/s1. The largest absolute Gasteiger partial charge is 0.489 e. The summed E-state index contributed by atoms with van der Waals surface area (Å²) in [6.45, 7) is 0.942. The van der Waals surface area contributed by atoms with Crippen LogP contribution >= 0.6 is 0 Å². The zero-order valence-corrected chi connectivity index (χ0v) is 11.7. The number of carbonyl (C=O) groups excluding carboxylic acids is 1. The summed E-state index contributed by atoms with van der Waals surface area (Å²) in [6, 6.07) is 10.5. The Morgan fingerprint density at radius 1 is 1.36 bits per heavy atom. The quantitative estimate of drug-likeness (QED) is 0.944. The number of H-pyrrole nitrogens is 1. The zero-order chi connectivity index (χ0) is 15.5. The Kier molecular flexibility index (Phi) is 4.04. The summed E-state index contributed by atoms with van der Waals surface area (Å²) in [5.41, 5.74) is -0.338. The lowest BCUT2D eigenvalue weighted by molar-refractivity contribution is 0.0766. The van der Waals surface area contributed by atoms with Crippen LogP contribution in [0.15, 0.2) is 36.4 Å². The van der Waals surface area contributed by atoms with E-state index in [2.05, 4.69) is 10.2 Å². The third kappa shape index (κ3) is 3.08. The normalized spacial score (nSPS) is 18.0. The highest BCUT2D eigenvalue weighted by Gasteiger charge is 2.30. The van der Waals surface area contributed by atoms with Gasteiger partial charge in [-0.1, -0.05) is 18.2 Å². The molecule has 22 heavy (non-hydrogen) atoms. The molecule has 0 spiro atoms. The van der Waals surface area contributed by atoms with Gasteiger partial charge in [0.2, 0.25) is 0 Å². The highest BCUT2D eigenvalue weighted by Crippen LogP contribution is 2.21. The van der Waals surface area contributed by atoms with E-state index in [1.165, 1.54) is 0 Å². The first-order valence-corrected chi connectivity index (χ1v) is 6.98. The molecule has 1 aliphatic rings. The number of nitrogens with one attached hydrogen (secondary N) is 1. The van der Waals surface area contributed by atoms with Crippen LogP contribution in [0.1, 0.15) is 29.0 Å². The van der Waals surface area contributed by atoms with Crippen LogP contribution in [-0.2, 0) is 0 Å². The van der Waals surface area contributed by atoms with Gasteiger partial charge in [0.05, 0.1) is 6.54 Å². The number of para-hydroxylation sites is 1. The summed E-state index contributed by atoms with van der Waals surface area (Å²) in [5.74, 6) is 0.392. The van der Waals surface area contributed by atoms with E-state index in [0.29, 0.717) is 19.5 Å². The van der Waals surface area contributed by atoms with E-state index in [-0.39, 0.29) is 23.4 Å². The molecule has 0 saturated carbocycles. The number of halogens is 2. The molecule has 116 valence electrons. The third-order valence-corrected chi connectivity index (χ3v) is 3.53. The van der Waals surface area contributed by atoms with E-state index >= 15 is 0 Å². The summed E-state index contributed by atoms with van der Waals surface area (Å²) in [5, 5.41) is 5.84. The monoisotopic (exact) mass is 307 g/mol. The number of ether oxygens (including phenoxy) is 1. The molecule has 2 heterocycles. The van der Waals surface area contributed by atoms with Crippen LogP contribution in [0.2, 0.25) is 0 Å². The maximum absolute atomic E-state index is 12.5. The zero-order valence-electron chi connectivity index (χ0n) is 11.7. The van der Waals surface area contributed by atoms with E-state index in [1.807, 2.05) is 30.3 Å². The molecule has 5 nitrogen and oxygen atoms in total. The smallest absolute Gasteiger partial charge is 0.279 e. The fraction of sp³-hybridized carbons (Fsp3) is 0.333. The highest BCUT2D eigenvalue weighted by molar-refractivity contribution is 5.92. The number of rotatable bonds is 4. The predicted molar refractivity (Wildman–Crippen MR) is 74.9 cm³/mol. The van der Waals surface area contributed by atoms with Crippen molar-refractivity contribution >= 4 is 5.91 Å². The van der Waals surface area contributed by atoms with E-state index < -0.39 is 6.43 Å². The molecule has 1 saturated heterocycles. The van der Waals surface area contributed by atoms with Gasteiger partial charge in [-0.05, 0) is 18.2 Å². The van der Waals surface area contributed by atoms with Crippen molar-refractivity contribution in [2.45, 2.75) is 19.0 Å². The Labute approximate surface area is 125 Å². The summed E-state index contributed by atoms with van der Waals surface area (Å²) in [7, 11) is 0. The molecule has 1 fully saturated rings. The van der Waals surface area contributed by atoms with Crippen LogP contribution in [0.3, 0.4) is 0 Å². The Morgan fingerprint density at radius 2 is 2.14 bits per heavy atom. The number of carbonyl (C=O) groups is 1. The van der Waals surface area contributed by atoms with Crippen LogP contribution in [-0.4, -0.2) is 40.2 Å². The fourth-order valence-corrected chi connectivity index (χ4v) is 2.42. The van der Waals surface area contributed by atoms with Gasteiger partial charge in [0.1, 0.15) is 17.5 Å². The molecule has 0 bridgehead atoms. The number of amides is 1. The number of aromatic amines is 1. The number of likely N-dealkylation sites (tertiary alicyclic amines) is 1. The molecule has 0 radical (unpaired) electrons. The van der Waals surface area contributed by atoms with Crippen LogP contribution in [0.4, 0.5) is 8.78 Å². The van der Waals surface area contributed by atoms with Crippen LogP contribution in [0, 0.1) is 0 Å². The van der Waals surface area contributed by atoms with Crippen molar-refractivity contribution in [1.82, 2.24) is 15.1 Å². The van der Waals surface area contributed by atoms with Crippen LogP contribution < -0.4 is 4.74 Å². The van der Waals surface area contributed by atoms with Gasteiger partial charge >= 0.3 is 0 Å². The van der Waals surface area contributed by atoms with Crippen molar-refractivity contribution in [1.29, 1.82) is 0 Å². The molecule has 0 aliphatic carbocycles. The number of hydrogen-bond donors (Lipinski definition) is 1. The summed E-state index contributed by atoms with van der Waals surface area (Å²) in [6.07, 6.45) is -2.06. The number of nitrogens with zero attached hydrogens (tertiary/aromatic N) is 2. The average molecular weight is 307 g/mol. The molecule has 7 heteroatoms. The minimum absolute atomic E-state index is 0.00987. The van der Waals surface area contributed by atoms with Gasteiger partial charge in [0.15, 0.2) is 5.69 Å². The molecule has 1 aromatic carbocycles. The average Bonchev–Trinajstić information content (AvgIpc) is 3.17. The number of aromatic nitrogens is 2. The maximum atomic E-state index is 12.5. The molecule has 1 aromatic heterocycles. The highest BCUT2D eigenvalue weighted by atomic mass is 19.3. The van der Waals surface area contributed by atoms with Crippen molar-refractivity contribution in [3.8, 4) is 5.75 Å². The first-order chi connectivity index (χ1) is 10.6. The van der Waals surface area contributed by atoms with Gasteiger partial charge in [0.25, 0.3) is 12.3 Å². The maximum Gasteiger partial charge on any atom is 0.279 e. The topological polar surface area (TPSA) is 58.2 Å². The predicted octanol–water partition coefficient (Wildman–Crippen LogP) is 2.64. The van der Waals surface area contributed by atoms with Crippen molar-refractivity contribution in [3.05, 3.63) is 47.8 Å². The molecule has 0 unspecified atom stereocenters. The van der Waals surface area contributed by atoms with Crippen molar-refractivity contribution in [2.75, 3.05) is 13.1 Å². The lowest BCUT2D eigenvalue weighted by atomic mass is 10.3. The van der Waals surface area contributed by atoms with Gasteiger partial charge in [0, 0.05) is 13.0 Å².